The molecule has 4 aromatic heterocycles. The molecule has 0 aliphatic rings. The minimum atomic E-state index is -4.39. The summed E-state index contributed by atoms with van der Waals surface area (Å²) in [7, 11) is 0. The van der Waals surface area contributed by atoms with Gasteiger partial charge < -0.3 is 4.52 Å². The number of nitrogens with zero attached hydrogens (tertiary/aromatic N) is 8. The maximum absolute atomic E-state index is 13.3. The van der Waals surface area contributed by atoms with E-state index in [2.05, 4.69) is 48.4 Å². The normalized spacial score (nSPS) is 12.2. The summed E-state index contributed by atoms with van der Waals surface area (Å²) in [6.07, 6.45) is 0.985. The summed E-state index contributed by atoms with van der Waals surface area (Å²) in [6.45, 7) is 2.76. The number of alkyl halides is 3. The van der Waals surface area contributed by atoms with Crippen LogP contribution < -0.4 is 5.56 Å². The van der Waals surface area contributed by atoms with Gasteiger partial charge in [0.1, 0.15) is 12.2 Å². The van der Waals surface area contributed by atoms with Gasteiger partial charge in [-0.2, -0.15) is 18.2 Å². The topological polar surface area (TPSA) is 109 Å². The van der Waals surface area contributed by atoms with Crippen LogP contribution in [-0.4, -0.2) is 37.9 Å². The molecule has 0 saturated heterocycles. The fourth-order valence-electron chi connectivity index (χ4n) is 4.16. The number of hydrogen-bond acceptors (Lipinski definition) is 7. The van der Waals surface area contributed by atoms with E-state index in [-0.39, 0.29) is 12.0 Å². The van der Waals surface area contributed by atoms with Crippen LogP contribution in [0.1, 0.15) is 54.9 Å². The zero-order chi connectivity index (χ0) is 26.2. The molecule has 1 aromatic carbocycles. The van der Waals surface area contributed by atoms with Gasteiger partial charge in [-0.15, -0.1) is 10.2 Å². The predicted octanol–water partition coefficient (Wildman–Crippen LogP) is 4.37. The average molecular weight is 579 g/mol. The molecule has 0 radical (unpaired) electrons. The SMILES string of the molecule is CCCCCn1c2ncn(Br)c2c(=O)n2c(CCc3nc(Cc4ccc(C(F)(F)F)cc4)no3)nnc12. The molecule has 0 amide bonds. The molecule has 4 heterocycles. The highest BCUT2D eigenvalue weighted by Crippen LogP contribution is 2.29. The van der Waals surface area contributed by atoms with Gasteiger partial charge in [0, 0.05) is 25.8 Å². The molecular weight excluding hydrogens is 557 g/mol. The van der Waals surface area contributed by atoms with Crippen LogP contribution in [0.5, 0.6) is 0 Å². The first-order valence-corrected chi connectivity index (χ1v) is 12.4. The lowest BCUT2D eigenvalue weighted by atomic mass is 10.1. The van der Waals surface area contributed by atoms with Crippen molar-refractivity contribution in [2.45, 2.75) is 58.2 Å². The van der Waals surface area contributed by atoms with Crippen LogP contribution in [0, 0.1) is 0 Å². The van der Waals surface area contributed by atoms with E-state index in [1.54, 1.807) is 0 Å². The van der Waals surface area contributed by atoms with Crippen molar-refractivity contribution in [2.75, 3.05) is 0 Å². The van der Waals surface area contributed by atoms with Crippen LogP contribution >= 0.6 is 16.1 Å². The van der Waals surface area contributed by atoms with E-state index in [0.717, 1.165) is 31.4 Å². The van der Waals surface area contributed by atoms with Crippen LogP contribution in [0.25, 0.3) is 16.9 Å². The summed E-state index contributed by atoms with van der Waals surface area (Å²) in [6, 6.07) is 4.83. The standard InChI is InChI=1S/C23H22BrF3N8O2/c1-2-3-4-11-33-20-19(34(24)13-28-20)21(36)35-17(30-31-22(33)35)9-10-18-29-16(32-37-18)12-14-5-7-15(8-6-14)23(25,26)27/h5-8,13H,2-4,9-12H2,1H3. The minimum Gasteiger partial charge on any atom is -0.339 e. The number of aromatic nitrogens is 8. The summed E-state index contributed by atoms with van der Waals surface area (Å²) < 4.78 is 48.5. The Morgan fingerprint density at radius 1 is 1.08 bits per heavy atom. The van der Waals surface area contributed by atoms with Crippen LogP contribution in [0.4, 0.5) is 13.2 Å². The Morgan fingerprint density at radius 3 is 2.59 bits per heavy atom. The molecule has 0 fully saturated rings. The second-order valence-corrected chi connectivity index (χ2v) is 9.38. The number of imidazole rings is 1. The highest BCUT2D eigenvalue weighted by molar-refractivity contribution is 9.08. The van der Waals surface area contributed by atoms with Crippen LogP contribution in [0.2, 0.25) is 0 Å². The number of aryl methyl sites for hydroxylation is 3. The van der Waals surface area contributed by atoms with Crippen LogP contribution in [0.3, 0.4) is 0 Å². The van der Waals surface area contributed by atoms with Gasteiger partial charge in [0.05, 0.1) is 21.7 Å². The zero-order valence-corrected chi connectivity index (χ0v) is 21.3. The molecular formula is C23H22BrF3N8O2. The van der Waals surface area contributed by atoms with E-state index in [1.807, 2.05) is 4.57 Å². The van der Waals surface area contributed by atoms with Crippen LogP contribution in [-0.2, 0) is 32.0 Å². The van der Waals surface area contributed by atoms with E-state index in [9.17, 15) is 18.0 Å². The Balaban J connectivity index is 1.35. The molecule has 0 atom stereocenters. The molecule has 0 bridgehead atoms. The van der Waals surface area contributed by atoms with Crippen molar-refractivity contribution in [1.29, 1.82) is 0 Å². The van der Waals surface area contributed by atoms with Gasteiger partial charge in [0.2, 0.25) is 11.7 Å². The van der Waals surface area contributed by atoms with Gasteiger partial charge in [-0.25, -0.2) is 9.38 Å². The monoisotopic (exact) mass is 578 g/mol. The van der Waals surface area contributed by atoms with Crippen molar-refractivity contribution in [3.8, 4) is 0 Å². The third kappa shape index (κ3) is 5.02. The van der Waals surface area contributed by atoms with Gasteiger partial charge in [0.15, 0.2) is 17.0 Å². The number of unbranched alkanes of at least 4 members (excludes halogenated alkanes) is 2. The number of halogens is 4. The quantitative estimate of drug-likeness (QED) is 0.239. The lowest BCUT2D eigenvalue weighted by molar-refractivity contribution is -0.137. The van der Waals surface area contributed by atoms with E-state index in [1.165, 1.54) is 26.5 Å². The highest BCUT2D eigenvalue weighted by atomic mass is 79.9. The molecule has 10 nitrogen and oxygen atoms in total. The number of hydrogen-bond donors (Lipinski definition) is 0. The highest BCUT2D eigenvalue weighted by Gasteiger charge is 2.30. The number of benzene rings is 1. The third-order valence-corrected chi connectivity index (χ3v) is 6.56. The second kappa shape index (κ2) is 10.1. The van der Waals surface area contributed by atoms with E-state index in [0.29, 0.717) is 59.4 Å². The van der Waals surface area contributed by atoms with Crippen molar-refractivity contribution in [3.63, 3.8) is 0 Å². The molecule has 0 N–H and O–H groups in total. The van der Waals surface area contributed by atoms with E-state index in [4.69, 9.17) is 4.52 Å². The smallest absolute Gasteiger partial charge is 0.339 e. The van der Waals surface area contributed by atoms with Crippen molar-refractivity contribution < 1.29 is 17.7 Å². The maximum Gasteiger partial charge on any atom is 0.416 e. The molecule has 37 heavy (non-hydrogen) atoms. The first-order valence-electron chi connectivity index (χ1n) is 11.7. The Morgan fingerprint density at radius 2 is 1.86 bits per heavy atom. The molecule has 0 spiro atoms. The third-order valence-electron chi connectivity index (χ3n) is 6.02. The largest absolute Gasteiger partial charge is 0.416 e. The van der Waals surface area contributed by atoms with Gasteiger partial charge in [-0.3, -0.25) is 13.0 Å². The van der Waals surface area contributed by atoms with Gasteiger partial charge in [0.25, 0.3) is 5.56 Å². The minimum absolute atomic E-state index is 0.227. The first-order chi connectivity index (χ1) is 17.8. The van der Waals surface area contributed by atoms with E-state index < -0.39 is 11.7 Å². The second-order valence-electron chi connectivity index (χ2n) is 8.62. The maximum atomic E-state index is 13.3. The van der Waals surface area contributed by atoms with Crippen molar-refractivity contribution in [1.82, 2.24) is 37.9 Å². The lowest BCUT2D eigenvalue weighted by Gasteiger charge is -2.09. The fourth-order valence-corrected chi connectivity index (χ4v) is 4.56. The molecule has 0 aliphatic carbocycles. The molecule has 14 heteroatoms. The summed E-state index contributed by atoms with van der Waals surface area (Å²) in [4.78, 5) is 22.0. The van der Waals surface area contributed by atoms with Crippen molar-refractivity contribution in [2.24, 2.45) is 0 Å². The summed E-state index contributed by atoms with van der Waals surface area (Å²) in [5.41, 5.74) is 0.550. The molecule has 194 valence electrons. The Labute approximate surface area is 216 Å². The summed E-state index contributed by atoms with van der Waals surface area (Å²) in [5.74, 6) is 1.54. The molecule has 5 aromatic rings. The van der Waals surface area contributed by atoms with Crippen LogP contribution in [0.15, 0.2) is 39.9 Å². The van der Waals surface area contributed by atoms with Gasteiger partial charge in [-0.1, -0.05) is 37.1 Å². The average Bonchev–Trinajstić information content (AvgIpc) is 3.59. The van der Waals surface area contributed by atoms with Crippen molar-refractivity contribution >= 4 is 33.1 Å². The Kier molecular flexibility index (Phi) is 6.84. The Bertz CT molecular complexity index is 1600. The molecule has 0 unspecified atom stereocenters. The fraction of sp³-hybridized carbons (Fsp3) is 0.391. The number of rotatable bonds is 9. The number of fused-ring (bicyclic) bond motifs is 2. The molecule has 0 saturated carbocycles. The zero-order valence-electron chi connectivity index (χ0n) is 19.7. The molecule has 0 aliphatic heterocycles. The van der Waals surface area contributed by atoms with Gasteiger partial charge in [-0.05, 0) is 24.1 Å². The summed E-state index contributed by atoms with van der Waals surface area (Å²) >= 11 is 3.35. The molecule has 5 rings (SSSR count). The predicted molar refractivity (Wildman–Crippen MR) is 130 cm³/mol. The summed E-state index contributed by atoms with van der Waals surface area (Å²) in [5, 5.41) is 12.5. The van der Waals surface area contributed by atoms with Gasteiger partial charge >= 0.3 is 6.18 Å². The van der Waals surface area contributed by atoms with E-state index >= 15 is 0 Å². The first kappa shape index (κ1) is 25.1. The Hall–Kier alpha value is -3.55. The van der Waals surface area contributed by atoms with Crippen molar-refractivity contribution in [3.05, 3.63) is 69.6 Å². The lowest BCUT2D eigenvalue weighted by Crippen LogP contribution is -2.22.